The van der Waals surface area contributed by atoms with Crippen LogP contribution in [0, 0.1) is 0 Å². The predicted octanol–water partition coefficient (Wildman–Crippen LogP) is 4.39. The molecule has 0 bridgehead atoms. The summed E-state index contributed by atoms with van der Waals surface area (Å²) in [5, 5.41) is 3.98. The van der Waals surface area contributed by atoms with E-state index in [9.17, 15) is 9.59 Å². The minimum absolute atomic E-state index is 0.118. The van der Waals surface area contributed by atoms with Crippen molar-refractivity contribution < 1.29 is 9.59 Å². The third kappa shape index (κ3) is 6.93. The summed E-state index contributed by atoms with van der Waals surface area (Å²) in [6.07, 6.45) is 7.77. The molecule has 0 radical (unpaired) electrons. The number of carbonyl (C=O) groups is 2. The van der Waals surface area contributed by atoms with Crippen LogP contribution in [0.5, 0.6) is 0 Å². The number of hydrogen-bond donors (Lipinski definition) is 1. The molecule has 2 rings (SSSR count). The van der Waals surface area contributed by atoms with Crippen molar-refractivity contribution >= 4 is 23.3 Å². The molecule has 150 valence electrons. The molecule has 0 atom stereocenters. The quantitative estimate of drug-likeness (QED) is 0.634. The Kier molecular flexibility index (Phi) is 8.30. The molecule has 1 aromatic carbocycles. The lowest BCUT2D eigenvalue weighted by Crippen LogP contribution is -2.52. The number of ketones is 1. The summed E-state index contributed by atoms with van der Waals surface area (Å²) in [4.78, 5) is 25.5. The van der Waals surface area contributed by atoms with Crippen molar-refractivity contribution in [1.29, 1.82) is 0 Å². The van der Waals surface area contributed by atoms with Crippen molar-refractivity contribution in [3.05, 3.63) is 34.9 Å². The molecule has 1 saturated carbocycles. The number of Topliss-reactive ketones (excluding diaryl/α,β-unsaturated/α-hetero) is 1. The third-order valence-electron chi connectivity index (χ3n) is 5.83. The van der Waals surface area contributed by atoms with Crippen molar-refractivity contribution in [3.8, 4) is 0 Å². The van der Waals surface area contributed by atoms with Gasteiger partial charge in [0.2, 0.25) is 5.91 Å². The molecule has 0 spiro atoms. The normalized spacial score (nSPS) is 22.6. The summed E-state index contributed by atoms with van der Waals surface area (Å²) in [5.74, 6) is 0.318. The van der Waals surface area contributed by atoms with Gasteiger partial charge in [-0.25, -0.2) is 0 Å². The molecule has 0 saturated heterocycles. The molecular formula is C22H33ClN2O2. The standard InChI is InChI=1S/C22H33ClN2O2/c1-17(26)7-4-5-10-21(27)24-20-11-13-22(14-12-20,25(2)3)16-18-8-6-9-19(23)15-18/h6,8-9,15,20H,4-5,7,10-14,16H2,1-3H3,(H,24,27). The number of halogens is 1. The maximum absolute atomic E-state index is 12.2. The van der Waals surface area contributed by atoms with Gasteiger partial charge in [-0.2, -0.15) is 0 Å². The Morgan fingerprint density at radius 2 is 1.85 bits per heavy atom. The SMILES string of the molecule is CC(=O)CCCCC(=O)NC1CCC(Cc2cccc(Cl)c2)(N(C)C)CC1. The summed E-state index contributed by atoms with van der Waals surface area (Å²) < 4.78 is 0. The van der Waals surface area contributed by atoms with Crippen LogP contribution in [-0.4, -0.2) is 42.3 Å². The van der Waals surface area contributed by atoms with E-state index in [-0.39, 0.29) is 23.3 Å². The van der Waals surface area contributed by atoms with Crippen molar-refractivity contribution in [2.45, 2.75) is 76.3 Å². The first kappa shape index (κ1) is 21.9. The van der Waals surface area contributed by atoms with E-state index in [1.54, 1.807) is 6.92 Å². The zero-order valence-electron chi connectivity index (χ0n) is 16.9. The zero-order chi connectivity index (χ0) is 19.9. The highest BCUT2D eigenvalue weighted by Crippen LogP contribution is 2.35. The van der Waals surface area contributed by atoms with Crippen LogP contribution in [0.25, 0.3) is 0 Å². The van der Waals surface area contributed by atoms with Crippen molar-refractivity contribution in [1.82, 2.24) is 10.2 Å². The minimum atomic E-state index is 0.118. The fraction of sp³-hybridized carbons (Fsp3) is 0.636. The Labute approximate surface area is 168 Å². The van der Waals surface area contributed by atoms with E-state index in [1.807, 2.05) is 12.1 Å². The highest BCUT2D eigenvalue weighted by molar-refractivity contribution is 6.30. The molecule has 1 fully saturated rings. The number of hydrogen-bond acceptors (Lipinski definition) is 3. The number of carbonyl (C=O) groups excluding carboxylic acids is 2. The number of unbranched alkanes of at least 4 members (excludes halogenated alkanes) is 1. The van der Waals surface area contributed by atoms with Gasteiger partial charge in [-0.1, -0.05) is 23.7 Å². The second-order valence-corrected chi connectivity index (χ2v) is 8.61. The zero-order valence-corrected chi connectivity index (χ0v) is 17.6. The molecule has 1 N–H and O–H groups in total. The van der Waals surface area contributed by atoms with Crippen LogP contribution in [0.15, 0.2) is 24.3 Å². The first-order valence-electron chi connectivity index (χ1n) is 10.0. The van der Waals surface area contributed by atoms with Gasteiger partial charge in [-0.3, -0.25) is 4.79 Å². The van der Waals surface area contributed by atoms with Crippen LogP contribution in [0.1, 0.15) is 63.9 Å². The van der Waals surface area contributed by atoms with Gasteiger partial charge in [0.25, 0.3) is 0 Å². The molecule has 5 heteroatoms. The topological polar surface area (TPSA) is 49.4 Å². The highest BCUT2D eigenvalue weighted by atomic mass is 35.5. The molecule has 0 aromatic heterocycles. The van der Waals surface area contributed by atoms with E-state index in [0.29, 0.717) is 12.8 Å². The second kappa shape index (κ2) is 10.2. The van der Waals surface area contributed by atoms with E-state index in [2.05, 4.69) is 36.4 Å². The maximum atomic E-state index is 12.2. The second-order valence-electron chi connectivity index (χ2n) is 8.18. The van der Waals surface area contributed by atoms with E-state index < -0.39 is 0 Å². The van der Waals surface area contributed by atoms with Crippen LogP contribution in [-0.2, 0) is 16.0 Å². The summed E-state index contributed by atoms with van der Waals surface area (Å²) in [5.41, 5.74) is 1.39. The average Bonchev–Trinajstić information content (AvgIpc) is 2.60. The van der Waals surface area contributed by atoms with Crippen molar-refractivity contribution in [2.24, 2.45) is 0 Å². The van der Waals surface area contributed by atoms with E-state index in [0.717, 1.165) is 50.0 Å². The highest BCUT2D eigenvalue weighted by Gasteiger charge is 2.37. The van der Waals surface area contributed by atoms with Gasteiger partial charge in [0.15, 0.2) is 0 Å². The molecule has 4 nitrogen and oxygen atoms in total. The summed E-state index contributed by atoms with van der Waals surface area (Å²) >= 11 is 6.16. The molecule has 0 unspecified atom stereocenters. The lowest BCUT2D eigenvalue weighted by atomic mass is 9.75. The molecule has 1 aliphatic rings. The predicted molar refractivity (Wildman–Crippen MR) is 111 cm³/mol. The minimum Gasteiger partial charge on any atom is -0.353 e. The van der Waals surface area contributed by atoms with E-state index in [1.165, 1.54) is 5.56 Å². The number of nitrogens with one attached hydrogen (secondary N) is 1. The van der Waals surface area contributed by atoms with Gasteiger partial charge in [0.05, 0.1) is 0 Å². The maximum Gasteiger partial charge on any atom is 0.220 e. The summed E-state index contributed by atoms with van der Waals surface area (Å²) in [7, 11) is 4.30. The lowest BCUT2D eigenvalue weighted by Gasteiger charge is -2.45. The number of amides is 1. The molecule has 1 amide bonds. The van der Waals surface area contributed by atoms with E-state index >= 15 is 0 Å². The largest absolute Gasteiger partial charge is 0.353 e. The number of benzene rings is 1. The van der Waals surface area contributed by atoms with Gasteiger partial charge < -0.3 is 15.0 Å². The summed E-state index contributed by atoms with van der Waals surface area (Å²) in [6, 6.07) is 8.39. The molecule has 0 heterocycles. The van der Waals surface area contributed by atoms with Gasteiger partial charge in [0.1, 0.15) is 5.78 Å². The fourth-order valence-corrected chi connectivity index (χ4v) is 4.28. The van der Waals surface area contributed by atoms with Crippen LogP contribution < -0.4 is 5.32 Å². The van der Waals surface area contributed by atoms with Gasteiger partial charge in [-0.15, -0.1) is 0 Å². The monoisotopic (exact) mass is 392 g/mol. The molecular weight excluding hydrogens is 360 g/mol. The average molecular weight is 393 g/mol. The molecule has 0 aliphatic heterocycles. The van der Waals surface area contributed by atoms with Crippen LogP contribution >= 0.6 is 11.6 Å². The first-order chi connectivity index (χ1) is 12.8. The Hall–Kier alpha value is -1.39. The number of likely N-dealkylation sites (N-methyl/N-ethyl adjacent to an activating group) is 1. The molecule has 27 heavy (non-hydrogen) atoms. The smallest absolute Gasteiger partial charge is 0.220 e. The summed E-state index contributed by atoms with van der Waals surface area (Å²) in [6.45, 7) is 1.60. The number of nitrogens with zero attached hydrogens (tertiary/aromatic N) is 1. The van der Waals surface area contributed by atoms with Crippen molar-refractivity contribution in [2.75, 3.05) is 14.1 Å². The van der Waals surface area contributed by atoms with Crippen LogP contribution in [0.2, 0.25) is 5.02 Å². The van der Waals surface area contributed by atoms with Crippen LogP contribution in [0.4, 0.5) is 0 Å². The first-order valence-corrected chi connectivity index (χ1v) is 10.4. The Morgan fingerprint density at radius 1 is 1.19 bits per heavy atom. The van der Waals surface area contributed by atoms with Crippen LogP contribution in [0.3, 0.4) is 0 Å². The van der Waals surface area contributed by atoms with Crippen molar-refractivity contribution in [3.63, 3.8) is 0 Å². The Bertz CT molecular complexity index is 637. The van der Waals surface area contributed by atoms with E-state index in [4.69, 9.17) is 11.6 Å². The number of rotatable bonds is 9. The molecule has 1 aromatic rings. The Morgan fingerprint density at radius 3 is 2.44 bits per heavy atom. The Balaban J connectivity index is 1.83. The lowest BCUT2D eigenvalue weighted by molar-refractivity contribution is -0.122. The van der Waals surface area contributed by atoms with Gasteiger partial charge in [-0.05, 0) is 83.7 Å². The third-order valence-corrected chi connectivity index (χ3v) is 6.07. The van der Waals surface area contributed by atoms with Gasteiger partial charge in [0, 0.05) is 29.4 Å². The fourth-order valence-electron chi connectivity index (χ4n) is 4.07. The van der Waals surface area contributed by atoms with Gasteiger partial charge >= 0.3 is 0 Å². The molecule has 1 aliphatic carbocycles.